The molecule has 2 rings (SSSR count). The van der Waals surface area contributed by atoms with Crippen molar-refractivity contribution < 1.29 is 4.39 Å². The van der Waals surface area contributed by atoms with Gasteiger partial charge in [-0.15, -0.1) is 11.8 Å². The summed E-state index contributed by atoms with van der Waals surface area (Å²) in [5.74, 6) is 0.332. The quantitative estimate of drug-likeness (QED) is 0.816. The third kappa shape index (κ3) is 1.90. The number of nitrogens with zero attached hydrogens (tertiary/aromatic N) is 2. The fraction of sp³-hybridized carbons (Fsp3) is 0.182. The van der Waals surface area contributed by atoms with Gasteiger partial charge in [-0.25, -0.2) is 4.39 Å². The lowest BCUT2D eigenvalue weighted by Gasteiger charge is -2.01. The second-order valence-electron chi connectivity index (χ2n) is 3.43. The minimum absolute atomic E-state index is 0.228. The van der Waals surface area contributed by atoms with E-state index in [0.717, 1.165) is 5.56 Å². The Balaban J connectivity index is 2.45. The van der Waals surface area contributed by atoms with Crippen molar-refractivity contribution in [2.75, 3.05) is 12.0 Å². The van der Waals surface area contributed by atoms with Crippen molar-refractivity contribution in [1.82, 2.24) is 9.78 Å². The van der Waals surface area contributed by atoms with Gasteiger partial charge in [0.05, 0.1) is 5.69 Å². The van der Waals surface area contributed by atoms with E-state index in [2.05, 4.69) is 5.10 Å². The number of anilines is 1. The van der Waals surface area contributed by atoms with Crippen LogP contribution in [0.5, 0.6) is 0 Å². The molecule has 0 aliphatic heterocycles. The van der Waals surface area contributed by atoms with Crippen LogP contribution in [0.15, 0.2) is 29.2 Å². The van der Waals surface area contributed by atoms with Crippen molar-refractivity contribution >= 4 is 17.6 Å². The number of aromatic nitrogens is 2. The molecule has 0 aliphatic rings. The Bertz CT molecular complexity index is 502. The highest BCUT2D eigenvalue weighted by Crippen LogP contribution is 2.26. The lowest BCUT2D eigenvalue weighted by Crippen LogP contribution is -1.96. The summed E-state index contributed by atoms with van der Waals surface area (Å²) in [4.78, 5) is 0.632. The average molecular weight is 237 g/mol. The predicted octanol–water partition coefficient (Wildman–Crippen LogP) is 2.53. The Labute approximate surface area is 97.5 Å². The van der Waals surface area contributed by atoms with Crippen molar-refractivity contribution in [2.24, 2.45) is 7.05 Å². The number of benzene rings is 1. The molecule has 0 spiro atoms. The molecule has 1 heterocycles. The maximum Gasteiger partial charge on any atom is 0.137 e. The molecule has 0 saturated carbocycles. The summed E-state index contributed by atoms with van der Waals surface area (Å²) in [6, 6.07) is 6.80. The maximum atomic E-state index is 13.6. The average Bonchev–Trinajstić information content (AvgIpc) is 2.59. The largest absolute Gasteiger partial charge is 0.384 e. The lowest BCUT2D eigenvalue weighted by molar-refractivity contribution is 0.602. The molecule has 0 radical (unpaired) electrons. The van der Waals surface area contributed by atoms with Crippen molar-refractivity contribution in [3.05, 3.63) is 30.1 Å². The van der Waals surface area contributed by atoms with E-state index in [0.29, 0.717) is 16.4 Å². The zero-order valence-corrected chi connectivity index (χ0v) is 9.88. The maximum absolute atomic E-state index is 13.6. The Hall–Kier alpha value is -1.49. The summed E-state index contributed by atoms with van der Waals surface area (Å²) >= 11 is 1.38. The molecular formula is C11H12FN3S. The summed E-state index contributed by atoms with van der Waals surface area (Å²) < 4.78 is 15.1. The summed E-state index contributed by atoms with van der Waals surface area (Å²) in [6.07, 6.45) is 1.84. The predicted molar refractivity (Wildman–Crippen MR) is 64.8 cm³/mol. The normalized spacial score (nSPS) is 10.7. The molecule has 0 aliphatic carbocycles. The smallest absolute Gasteiger partial charge is 0.137 e. The monoisotopic (exact) mass is 237 g/mol. The topological polar surface area (TPSA) is 43.8 Å². The first-order valence-corrected chi connectivity index (χ1v) is 5.97. The number of nitrogen functional groups attached to an aromatic ring is 1. The minimum atomic E-state index is -0.228. The molecule has 2 aromatic rings. The van der Waals surface area contributed by atoms with Gasteiger partial charge in [0.2, 0.25) is 0 Å². The van der Waals surface area contributed by atoms with E-state index in [-0.39, 0.29) is 5.82 Å². The first-order valence-electron chi connectivity index (χ1n) is 4.75. The van der Waals surface area contributed by atoms with Gasteiger partial charge in [-0.3, -0.25) is 4.68 Å². The van der Waals surface area contributed by atoms with Crippen LogP contribution in [0, 0.1) is 5.82 Å². The Morgan fingerprint density at radius 2 is 2.12 bits per heavy atom. The van der Waals surface area contributed by atoms with E-state index in [1.807, 2.05) is 12.3 Å². The highest BCUT2D eigenvalue weighted by molar-refractivity contribution is 7.98. The van der Waals surface area contributed by atoms with Crippen LogP contribution in [-0.4, -0.2) is 16.0 Å². The first-order chi connectivity index (χ1) is 7.61. The molecule has 1 aromatic carbocycles. The third-order valence-corrected chi connectivity index (χ3v) is 3.13. The van der Waals surface area contributed by atoms with E-state index < -0.39 is 0 Å². The molecule has 2 N–H and O–H groups in total. The van der Waals surface area contributed by atoms with Crippen molar-refractivity contribution in [3.8, 4) is 11.3 Å². The number of hydrogen-bond donors (Lipinski definition) is 1. The zero-order valence-electron chi connectivity index (χ0n) is 9.07. The molecule has 84 valence electrons. The van der Waals surface area contributed by atoms with Crippen LogP contribution >= 0.6 is 11.8 Å². The zero-order chi connectivity index (χ0) is 11.7. The molecule has 0 fully saturated rings. The van der Waals surface area contributed by atoms with Crippen LogP contribution in [0.2, 0.25) is 0 Å². The van der Waals surface area contributed by atoms with E-state index in [9.17, 15) is 4.39 Å². The molecule has 0 amide bonds. The van der Waals surface area contributed by atoms with Gasteiger partial charge in [-0.2, -0.15) is 5.10 Å². The fourth-order valence-electron chi connectivity index (χ4n) is 1.45. The number of hydrogen-bond acceptors (Lipinski definition) is 3. The molecule has 0 atom stereocenters. The number of rotatable bonds is 2. The summed E-state index contributed by atoms with van der Waals surface area (Å²) in [6.45, 7) is 0. The van der Waals surface area contributed by atoms with Gasteiger partial charge in [0.25, 0.3) is 0 Å². The molecular weight excluding hydrogens is 225 g/mol. The fourth-order valence-corrected chi connectivity index (χ4v) is 1.91. The van der Waals surface area contributed by atoms with Gasteiger partial charge in [0, 0.05) is 23.6 Å². The molecule has 0 saturated heterocycles. The molecule has 1 aromatic heterocycles. The van der Waals surface area contributed by atoms with Crippen molar-refractivity contribution in [2.45, 2.75) is 4.90 Å². The molecule has 0 unspecified atom stereocenters. The summed E-state index contributed by atoms with van der Waals surface area (Å²) in [5.41, 5.74) is 7.10. The van der Waals surface area contributed by atoms with Crippen LogP contribution in [0.4, 0.5) is 10.2 Å². The van der Waals surface area contributed by atoms with Gasteiger partial charge >= 0.3 is 0 Å². The molecule has 5 heteroatoms. The second kappa shape index (κ2) is 4.17. The van der Waals surface area contributed by atoms with Crippen LogP contribution in [0.1, 0.15) is 0 Å². The number of thioether (sulfide) groups is 1. The molecule has 16 heavy (non-hydrogen) atoms. The molecule has 0 bridgehead atoms. The second-order valence-corrected chi connectivity index (χ2v) is 4.28. The van der Waals surface area contributed by atoms with E-state index in [1.54, 1.807) is 23.9 Å². The van der Waals surface area contributed by atoms with Crippen molar-refractivity contribution in [1.29, 1.82) is 0 Å². The molecule has 3 nitrogen and oxygen atoms in total. The van der Waals surface area contributed by atoms with Crippen LogP contribution in [-0.2, 0) is 7.05 Å². The minimum Gasteiger partial charge on any atom is -0.384 e. The number of nitrogens with two attached hydrogens (primary N) is 1. The lowest BCUT2D eigenvalue weighted by atomic mass is 10.1. The van der Waals surface area contributed by atoms with Gasteiger partial charge in [0.1, 0.15) is 11.6 Å². The van der Waals surface area contributed by atoms with E-state index >= 15 is 0 Å². The van der Waals surface area contributed by atoms with Gasteiger partial charge in [-0.05, 0) is 18.4 Å². The van der Waals surface area contributed by atoms with Crippen LogP contribution in [0.3, 0.4) is 0 Å². The van der Waals surface area contributed by atoms with Crippen molar-refractivity contribution in [3.63, 3.8) is 0 Å². The van der Waals surface area contributed by atoms with Gasteiger partial charge in [0.15, 0.2) is 0 Å². The number of aryl methyl sites for hydroxylation is 1. The Morgan fingerprint density at radius 3 is 2.62 bits per heavy atom. The first kappa shape index (κ1) is 11.0. The Kier molecular flexibility index (Phi) is 2.87. The van der Waals surface area contributed by atoms with E-state index in [1.165, 1.54) is 17.8 Å². The highest BCUT2D eigenvalue weighted by Gasteiger charge is 2.08. The third-order valence-electron chi connectivity index (χ3n) is 2.36. The Morgan fingerprint density at radius 1 is 1.38 bits per heavy atom. The summed E-state index contributed by atoms with van der Waals surface area (Å²) in [7, 11) is 1.76. The number of halogens is 1. The standard InChI is InChI=1S/C11H12FN3S/c1-15-11(13)6-9(14-15)7-3-4-10(16-2)8(12)5-7/h3-6H,13H2,1-2H3. The van der Waals surface area contributed by atoms with E-state index in [4.69, 9.17) is 5.73 Å². The van der Waals surface area contributed by atoms with Crippen LogP contribution in [0.25, 0.3) is 11.3 Å². The van der Waals surface area contributed by atoms with Gasteiger partial charge < -0.3 is 5.73 Å². The van der Waals surface area contributed by atoms with Gasteiger partial charge in [-0.1, -0.05) is 6.07 Å². The highest BCUT2D eigenvalue weighted by atomic mass is 32.2. The van der Waals surface area contributed by atoms with Crippen LogP contribution < -0.4 is 5.73 Å². The SMILES string of the molecule is CSc1ccc(-c2cc(N)n(C)n2)cc1F. The summed E-state index contributed by atoms with van der Waals surface area (Å²) in [5, 5.41) is 4.20.